The maximum absolute atomic E-state index is 12.4. The minimum absolute atomic E-state index is 0.120. The highest BCUT2D eigenvalue weighted by atomic mass is 16.5. The molecule has 1 unspecified atom stereocenters. The van der Waals surface area contributed by atoms with Crippen LogP contribution in [0.25, 0.3) is 0 Å². The van der Waals surface area contributed by atoms with Crippen molar-refractivity contribution < 1.29 is 28.9 Å². The molecule has 0 bridgehead atoms. The second kappa shape index (κ2) is 9.93. The molecular weight excluding hydrogens is 374 g/mol. The fraction of sp³-hybridized carbons (Fsp3) is 0.364. The number of benzene rings is 2. The second-order valence-corrected chi connectivity index (χ2v) is 6.81. The fourth-order valence-electron chi connectivity index (χ4n) is 3.19. The molecule has 2 aromatic carbocycles. The molecule has 1 heterocycles. The van der Waals surface area contributed by atoms with E-state index in [4.69, 9.17) is 19.3 Å². The van der Waals surface area contributed by atoms with Gasteiger partial charge >= 0.3 is 5.97 Å². The first-order valence-corrected chi connectivity index (χ1v) is 9.59. The van der Waals surface area contributed by atoms with E-state index in [9.17, 15) is 9.59 Å². The van der Waals surface area contributed by atoms with Gasteiger partial charge in [0.25, 0.3) is 5.91 Å². The van der Waals surface area contributed by atoms with E-state index in [1.165, 1.54) is 19.2 Å². The van der Waals surface area contributed by atoms with Crippen molar-refractivity contribution in [3.63, 3.8) is 0 Å². The molecule has 7 heteroatoms. The number of ether oxygens (including phenoxy) is 3. The summed E-state index contributed by atoms with van der Waals surface area (Å²) in [6.45, 7) is 1.65. The van der Waals surface area contributed by atoms with Crippen LogP contribution in [-0.4, -0.2) is 50.0 Å². The smallest absolute Gasteiger partial charge is 0.335 e. The summed E-state index contributed by atoms with van der Waals surface area (Å²) in [4.78, 5) is 23.5. The Morgan fingerprint density at radius 1 is 1.21 bits per heavy atom. The van der Waals surface area contributed by atoms with E-state index < -0.39 is 5.97 Å². The summed E-state index contributed by atoms with van der Waals surface area (Å²) in [6, 6.07) is 11.8. The first-order chi connectivity index (χ1) is 14.1. The number of carboxylic acids is 1. The first kappa shape index (κ1) is 20.7. The minimum Gasteiger partial charge on any atom is -0.496 e. The van der Waals surface area contributed by atoms with Gasteiger partial charge in [0.1, 0.15) is 18.1 Å². The fourth-order valence-corrected chi connectivity index (χ4v) is 3.19. The van der Waals surface area contributed by atoms with Gasteiger partial charge in [-0.05, 0) is 55.2 Å². The average molecular weight is 399 g/mol. The predicted molar refractivity (Wildman–Crippen MR) is 107 cm³/mol. The van der Waals surface area contributed by atoms with Crippen LogP contribution in [0.2, 0.25) is 0 Å². The highest BCUT2D eigenvalue weighted by molar-refractivity contribution is 5.94. The van der Waals surface area contributed by atoms with E-state index >= 15 is 0 Å². The number of carbonyl (C=O) groups excluding carboxylic acids is 1. The Morgan fingerprint density at radius 2 is 2.07 bits per heavy atom. The van der Waals surface area contributed by atoms with Gasteiger partial charge in [0, 0.05) is 18.7 Å². The summed E-state index contributed by atoms with van der Waals surface area (Å²) in [6.07, 6.45) is 2.69. The summed E-state index contributed by atoms with van der Waals surface area (Å²) in [5, 5.41) is 11.9. The third-order valence-electron chi connectivity index (χ3n) is 4.77. The molecule has 0 spiro atoms. The zero-order chi connectivity index (χ0) is 20.6. The standard InChI is InChI=1S/C22H25NO6/c1-27-20-13-17(22(25)26)8-7-15(20)9-10-23-21(24)16-4-2-5-18(12-16)29-14-19-6-3-11-28-19/h2,4-5,7-8,12-13,19H,3,6,9-11,14H2,1H3,(H,23,24)(H,25,26). The average Bonchev–Trinajstić information content (AvgIpc) is 3.26. The molecule has 1 aliphatic heterocycles. The third-order valence-corrected chi connectivity index (χ3v) is 4.77. The van der Waals surface area contributed by atoms with Gasteiger partial charge < -0.3 is 24.6 Å². The molecule has 1 saturated heterocycles. The van der Waals surface area contributed by atoms with Crippen LogP contribution < -0.4 is 14.8 Å². The van der Waals surface area contributed by atoms with Gasteiger partial charge in [0.15, 0.2) is 0 Å². The summed E-state index contributed by atoms with van der Waals surface area (Å²) in [5.41, 5.74) is 1.50. The Bertz CT molecular complexity index is 860. The van der Waals surface area contributed by atoms with Gasteiger partial charge in [-0.15, -0.1) is 0 Å². The molecule has 29 heavy (non-hydrogen) atoms. The molecule has 0 aliphatic carbocycles. The number of methoxy groups -OCH3 is 1. The SMILES string of the molecule is COc1cc(C(=O)O)ccc1CCNC(=O)c1cccc(OCC2CCCO2)c1. The monoisotopic (exact) mass is 399 g/mol. The maximum atomic E-state index is 12.4. The molecule has 0 radical (unpaired) electrons. The van der Waals surface area contributed by atoms with Crippen molar-refractivity contribution in [3.8, 4) is 11.5 Å². The van der Waals surface area contributed by atoms with E-state index in [0.717, 1.165) is 25.0 Å². The predicted octanol–water partition coefficient (Wildman–Crippen LogP) is 2.92. The second-order valence-electron chi connectivity index (χ2n) is 6.81. The Balaban J connectivity index is 1.53. The summed E-state index contributed by atoms with van der Waals surface area (Å²) < 4.78 is 16.5. The van der Waals surface area contributed by atoms with Crippen molar-refractivity contribution in [1.29, 1.82) is 0 Å². The molecule has 154 valence electrons. The van der Waals surface area contributed by atoms with Crippen molar-refractivity contribution in [2.24, 2.45) is 0 Å². The van der Waals surface area contributed by atoms with Crippen molar-refractivity contribution in [3.05, 3.63) is 59.2 Å². The lowest BCUT2D eigenvalue weighted by atomic mass is 10.1. The van der Waals surface area contributed by atoms with Gasteiger partial charge in [-0.1, -0.05) is 12.1 Å². The summed E-state index contributed by atoms with van der Waals surface area (Å²) in [7, 11) is 1.49. The molecule has 1 aliphatic rings. The number of amides is 1. The van der Waals surface area contributed by atoms with Crippen LogP contribution >= 0.6 is 0 Å². The number of nitrogens with one attached hydrogen (secondary N) is 1. The van der Waals surface area contributed by atoms with E-state index in [0.29, 0.717) is 36.6 Å². The topological polar surface area (TPSA) is 94.1 Å². The van der Waals surface area contributed by atoms with Gasteiger partial charge in [0.05, 0.1) is 18.8 Å². The quantitative estimate of drug-likeness (QED) is 0.673. The Kier molecular flexibility index (Phi) is 7.08. The Hall–Kier alpha value is -3.06. The minimum atomic E-state index is -1.01. The summed E-state index contributed by atoms with van der Waals surface area (Å²) in [5.74, 6) is -0.0822. The lowest BCUT2D eigenvalue weighted by molar-refractivity contribution is 0.0679. The molecule has 0 aromatic heterocycles. The van der Waals surface area contributed by atoms with Crippen LogP contribution in [0.3, 0.4) is 0 Å². The lowest BCUT2D eigenvalue weighted by Gasteiger charge is -2.13. The molecule has 7 nitrogen and oxygen atoms in total. The number of hydrogen-bond acceptors (Lipinski definition) is 5. The van der Waals surface area contributed by atoms with Crippen molar-refractivity contribution in [2.45, 2.75) is 25.4 Å². The zero-order valence-corrected chi connectivity index (χ0v) is 16.3. The maximum Gasteiger partial charge on any atom is 0.335 e. The van der Waals surface area contributed by atoms with E-state index in [1.54, 1.807) is 24.3 Å². The largest absolute Gasteiger partial charge is 0.496 e. The number of carboxylic acid groups (broad SMARTS) is 1. The van der Waals surface area contributed by atoms with Crippen LogP contribution in [0.1, 0.15) is 39.1 Å². The van der Waals surface area contributed by atoms with Crippen LogP contribution in [0.4, 0.5) is 0 Å². The normalized spacial score (nSPS) is 15.7. The highest BCUT2D eigenvalue weighted by Gasteiger charge is 2.16. The van der Waals surface area contributed by atoms with Crippen LogP contribution in [-0.2, 0) is 11.2 Å². The van der Waals surface area contributed by atoms with Crippen LogP contribution in [0, 0.1) is 0 Å². The molecule has 0 saturated carbocycles. The Morgan fingerprint density at radius 3 is 2.79 bits per heavy atom. The molecule has 2 N–H and O–H groups in total. The van der Waals surface area contributed by atoms with Crippen molar-refractivity contribution in [2.75, 3.05) is 26.9 Å². The van der Waals surface area contributed by atoms with Crippen LogP contribution in [0.5, 0.6) is 11.5 Å². The first-order valence-electron chi connectivity index (χ1n) is 9.59. The van der Waals surface area contributed by atoms with Gasteiger partial charge in [-0.3, -0.25) is 4.79 Å². The van der Waals surface area contributed by atoms with Crippen molar-refractivity contribution >= 4 is 11.9 Å². The Labute approximate surface area is 169 Å². The number of hydrogen-bond donors (Lipinski definition) is 2. The zero-order valence-electron chi connectivity index (χ0n) is 16.3. The highest BCUT2D eigenvalue weighted by Crippen LogP contribution is 2.21. The molecule has 1 fully saturated rings. The van der Waals surface area contributed by atoms with E-state index in [1.807, 2.05) is 6.07 Å². The molecule has 3 rings (SSSR count). The van der Waals surface area contributed by atoms with Crippen LogP contribution in [0.15, 0.2) is 42.5 Å². The lowest BCUT2D eigenvalue weighted by Crippen LogP contribution is -2.26. The summed E-state index contributed by atoms with van der Waals surface area (Å²) >= 11 is 0. The number of rotatable bonds is 9. The van der Waals surface area contributed by atoms with Gasteiger partial charge in [-0.25, -0.2) is 4.79 Å². The van der Waals surface area contributed by atoms with E-state index in [2.05, 4.69) is 5.32 Å². The molecule has 1 atom stereocenters. The number of carbonyl (C=O) groups is 2. The molecular formula is C22H25NO6. The molecule has 2 aromatic rings. The van der Waals surface area contributed by atoms with Gasteiger partial charge in [0.2, 0.25) is 0 Å². The number of aromatic carboxylic acids is 1. The van der Waals surface area contributed by atoms with Crippen molar-refractivity contribution in [1.82, 2.24) is 5.32 Å². The van der Waals surface area contributed by atoms with E-state index in [-0.39, 0.29) is 17.6 Å². The molecule has 1 amide bonds. The third kappa shape index (κ3) is 5.71. The van der Waals surface area contributed by atoms with Gasteiger partial charge in [-0.2, -0.15) is 0 Å².